The van der Waals surface area contributed by atoms with Gasteiger partial charge in [-0.1, -0.05) is 6.07 Å². The van der Waals surface area contributed by atoms with E-state index in [2.05, 4.69) is 5.48 Å². The Bertz CT molecular complexity index is 447. The summed E-state index contributed by atoms with van der Waals surface area (Å²) in [6.45, 7) is 2.23. The number of nitrogens with one attached hydrogen (secondary N) is 1. The van der Waals surface area contributed by atoms with E-state index in [1.807, 2.05) is 0 Å². The molecule has 0 bridgehead atoms. The molecule has 0 radical (unpaired) electrons. The van der Waals surface area contributed by atoms with E-state index < -0.39 is 10.8 Å². The summed E-state index contributed by atoms with van der Waals surface area (Å²) < 4.78 is 4.73. The molecule has 98 valence electrons. The van der Waals surface area contributed by atoms with E-state index in [0.717, 1.165) is 5.56 Å². The maximum atomic E-state index is 11.7. The standard InChI is InChI=1S/C11H14N2O5/c1-8-3-4-10(13(15)16)9(7-8)11(14)12-18-6-5-17-2/h3-4,7H,5-6H2,1-2H3,(H,12,14). The molecule has 0 aliphatic heterocycles. The van der Waals surface area contributed by atoms with Gasteiger partial charge in [-0.2, -0.15) is 0 Å². The average Bonchev–Trinajstić information content (AvgIpc) is 2.34. The van der Waals surface area contributed by atoms with Gasteiger partial charge in [-0.15, -0.1) is 0 Å². The molecule has 0 atom stereocenters. The van der Waals surface area contributed by atoms with E-state index in [4.69, 9.17) is 9.57 Å². The Morgan fingerprint density at radius 2 is 2.17 bits per heavy atom. The second-order valence-corrected chi connectivity index (χ2v) is 3.55. The third-order valence-electron chi connectivity index (χ3n) is 2.15. The van der Waals surface area contributed by atoms with Gasteiger partial charge in [0.15, 0.2) is 0 Å². The minimum atomic E-state index is -0.651. The number of benzene rings is 1. The lowest BCUT2D eigenvalue weighted by molar-refractivity contribution is -0.385. The van der Waals surface area contributed by atoms with E-state index in [0.29, 0.717) is 6.61 Å². The van der Waals surface area contributed by atoms with Gasteiger partial charge in [0.25, 0.3) is 11.6 Å². The maximum absolute atomic E-state index is 11.7. The highest BCUT2D eigenvalue weighted by atomic mass is 16.7. The predicted octanol–water partition coefficient (Wildman–Crippen LogP) is 1.21. The van der Waals surface area contributed by atoms with Crippen molar-refractivity contribution < 1.29 is 19.3 Å². The number of hydroxylamine groups is 1. The van der Waals surface area contributed by atoms with Crippen LogP contribution >= 0.6 is 0 Å². The monoisotopic (exact) mass is 254 g/mol. The molecule has 18 heavy (non-hydrogen) atoms. The largest absolute Gasteiger partial charge is 0.382 e. The molecule has 1 aromatic rings. The first-order valence-corrected chi connectivity index (χ1v) is 5.22. The number of ether oxygens (including phenoxy) is 1. The molecule has 1 rings (SSSR count). The zero-order valence-electron chi connectivity index (χ0n) is 10.1. The first kappa shape index (κ1) is 14.1. The summed E-state index contributed by atoms with van der Waals surface area (Å²) in [6.07, 6.45) is 0. The first-order valence-electron chi connectivity index (χ1n) is 5.22. The summed E-state index contributed by atoms with van der Waals surface area (Å²) in [5.74, 6) is -0.651. The molecule has 1 amide bonds. The van der Waals surface area contributed by atoms with Gasteiger partial charge in [-0.25, -0.2) is 5.48 Å². The van der Waals surface area contributed by atoms with Gasteiger partial charge in [0.05, 0.1) is 18.1 Å². The summed E-state index contributed by atoms with van der Waals surface area (Å²) in [4.78, 5) is 26.7. The zero-order valence-corrected chi connectivity index (χ0v) is 10.1. The lowest BCUT2D eigenvalue weighted by Gasteiger charge is -2.06. The molecule has 7 heteroatoms. The van der Waals surface area contributed by atoms with Crippen molar-refractivity contribution in [1.82, 2.24) is 5.48 Å². The number of methoxy groups -OCH3 is 1. The quantitative estimate of drug-likeness (QED) is 0.468. The van der Waals surface area contributed by atoms with Crippen molar-refractivity contribution >= 4 is 11.6 Å². The smallest absolute Gasteiger partial charge is 0.282 e. The van der Waals surface area contributed by atoms with Crippen molar-refractivity contribution in [2.24, 2.45) is 0 Å². The second kappa shape index (κ2) is 6.67. The number of hydrogen-bond acceptors (Lipinski definition) is 5. The topological polar surface area (TPSA) is 90.7 Å². The molecule has 0 unspecified atom stereocenters. The molecule has 7 nitrogen and oxygen atoms in total. The van der Waals surface area contributed by atoms with Crippen molar-refractivity contribution in [3.05, 3.63) is 39.4 Å². The molecule has 0 fully saturated rings. The van der Waals surface area contributed by atoms with Crippen molar-refractivity contribution in [2.45, 2.75) is 6.92 Å². The Morgan fingerprint density at radius 1 is 1.44 bits per heavy atom. The molecule has 1 N–H and O–H groups in total. The Hall–Kier alpha value is -1.99. The minimum absolute atomic E-state index is 0.0302. The highest BCUT2D eigenvalue weighted by Crippen LogP contribution is 2.19. The molecule has 0 aliphatic carbocycles. The Kier molecular flexibility index (Phi) is 5.22. The number of nitro benzene ring substituents is 1. The van der Waals surface area contributed by atoms with Gasteiger partial charge in [-0.3, -0.25) is 19.7 Å². The Morgan fingerprint density at radius 3 is 2.78 bits per heavy atom. The number of rotatable bonds is 6. The fourth-order valence-corrected chi connectivity index (χ4v) is 1.29. The summed E-state index contributed by atoms with van der Waals surface area (Å²) in [5.41, 5.74) is 2.60. The number of carbonyl (C=O) groups excluding carboxylic acids is 1. The average molecular weight is 254 g/mol. The lowest BCUT2D eigenvalue weighted by atomic mass is 10.1. The van der Waals surface area contributed by atoms with Crippen LogP contribution in [0.4, 0.5) is 5.69 Å². The highest BCUT2D eigenvalue weighted by Gasteiger charge is 2.20. The summed E-state index contributed by atoms with van der Waals surface area (Å²) in [6, 6.07) is 4.30. The number of amides is 1. The predicted molar refractivity (Wildman–Crippen MR) is 63.1 cm³/mol. The molecular weight excluding hydrogens is 240 g/mol. The molecular formula is C11H14N2O5. The number of nitrogens with zero attached hydrogens (tertiary/aromatic N) is 1. The van der Waals surface area contributed by atoms with E-state index in [-0.39, 0.29) is 17.9 Å². The molecule has 0 spiro atoms. The molecule has 1 aromatic carbocycles. The van der Waals surface area contributed by atoms with Crippen LogP contribution in [-0.2, 0) is 9.57 Å². The van der Waals surface area contributed by atoms with Crippen LogP contribution in [0.1, 0.15) is 15.9 Å². The van der Waals surface area contributed by atoms with Crippen LogP contribution in [0.5, 0.6) is 0 Å². The van der Waals surface area contributed by atoms with Crippen LogP contribution in [-0.4, -0.2) is 31.2 Å². The van der Waals surface area contributed by atoms with Gasteiger partial charge >= 0.3 is 0 Å². The summed E-state index contributed by atoms with van der Waals surface area (Å²) in [7, 11) is 1.50. The minimum Gasteiger partial charge on any atom is -0.382 e. The molecule has 0 saturated carbocycles. The van der Waals surface area contributed by atoms with Gasteiger partial charge in [-0.05, 0) is 18.6 Å². The SMILES string of the molecule is COCCONC(=O)c1cc(C)ccc1[N+](=O)[O-]. The summed E-state index contributed by atoms with van der Waals surface area (Å²) in [5, 5.41) is 10.8. The van der Waals surface area contributed by atoms with Crippen molar-refractivity contribution in [3.63, 3.8) is 0 Å². The zero-order chi connectivity index (χ0) is 13.5. The van der Waals surface area contributed by atoms with E-state index in [1.165, 1.54) is 19.2 Å². The van der Waals surface area contributed by atoms with Crippen LogP contribution in [0, 0.1) is 17.0 Å². The van der Waals surface area contributed by atoms with Crippen LogP contribution in [0.3, 0.4) is 0 Å². The maximum Gasteiger partial charge on any atom is 0.282 e. The van der Waals surface area contributed by atoms with Gasteiger partial charge in [0.2, 0.25) is 0 Å². The van der Waals surface area contributed by atoms with Crippen molar-refractivity contribution in [1.29, 1.82) is 0 Å². The Balaban J connectivity index is 2.77. The molecule has 0 saturated heterocycles. The normalized spacial score (nSPS) is 10.1. The fraction of sp³-hybridized carbons (Fsp3) is 0.364. The van der Waals surface area contributed by atoms with Crippen molar-refractivity contribution in [2.75, 3.05) is 20.3 Å². The van der Waals surface area contributed by atoms with Crippen LogP contribution in [0.25, 0.3) is 0 Å². The van der Waals surface area contributed by atoms with Crippen LogP contribution in [0.15, 0.2) is 18.2 Å². The van der Waals surface area contributed by atoms with Gasteiger partial charge in [0.1, 0.15) is 5.56 Å². The third-order valence-corrected chi connectivity index (χ3v) is 2.15. The second-order valence-electron chi connectivity index (χ2n) is 3.55. The van der Waals surface area contributed by atoms with Crippen molar-refractivity contribution in [3.8, 4) is 0 Å². The van der Waals surface area contributed by atoms with Crippen LogP contribution < -0.4 is 5.48 Å². The third kappa shape index (κ3) is 3.79. The van der Waals surface area contributed by atoms with E-state index in [9.17, 15) is 14.9 Å². The Labute approximate surface area is 104 Å². The first-order chi connectivity index (χ1) is 8.56. The number of nitro groups is 1. The number of aryl methyl sites for hydroxylation is 1. The summed E-state index contributed by atoms with van der Waals surface area (Å²) >= 11 is 0. The highest BCUT2D eigenvalue weighted by molar-refractivity contribution is 5.97. The number of hydrogen-bond donors (Lipinski definition) is 1. The lowest BCUT2D eigenvalue weighted by Crippen LogP contribution is -2.26. The van der Waals surface area contributed by atoms with E-state index >= 15 is 0 Å². The van der Waals surface area contributed by atoms with E-state index in [1.54, 1.807) is 13.0 Å². The molecule has 0 aliphatic rings. The van der Waals surface area contributed by atoms with Crippen LogP contribution in [0.2, 0.25) is 0 Å². The fourth-order valence-electron chi connectivity index (χ4n) is 1.29. The molecule has 0 heterocycles. The molecule has 0 aromatic heterocycles. The number of carbonyl (C=O) groups is 1. The van der Waals surface area contributed by atoms with Gasteiger partial charge < -0.3 is 4.74 Å². The van der Waals surface area contributed by atoms with Gasteiger partial charge in [0, 0.05) is 13.2 Å².